The largest absolute Gasteiger partial charge is 0.380 e. The van der Waals surface area contributed by atoms with E-state index in [4.69, 9.17) is 11.6 Å². The van der Waals surface area contributed by atoms with Crippen molar-refractivity contribution in [1.82, 2.24) is 10.3 Å². The maximum atomic E-state index is 12.9. The van der Waals surface area contributed by atoms with Gasteiger partial charge in [0, 0.05) is 18.1 Å². The fraction of sp³-hybridized carbons (Fsp3) is 0.100. The lowest BCUT2D eigenvalue weighted by Gasteiger charge is -2.08. The molecule has 0 saturated carbocycles. The lowest BCUT2D eigenvalue weighted by Crippen LogP contribution is -2.23. The molecule has 0 atom stereocenters. The molecule has 1 heterocycles. The summed E-state index contributed by atoms with van der Waals surface area (Å²) in [5.74, 6) is -0.530. The third kappa shape index (κ3) is 4.80. The van der Waals surface area contributed by atoms with Crippen molar-refractivity contribution in [2.45, 2.75) is 13.1 Å². The van der Waals surface area contributed by atoms with Crippen LogP contribution in [0.3, 0.4) is 0 Å². The molecule has 3 aromatic rings. The highest BCUT2D eigenvalue weighted by Gasteiger charge is 2.08. The number of hydrogen-bond donors (Lipinski definition) is 2. The Hall–Kier alpha value is -2.92. The third-order valence-electron chi connectivity index (χ3n) is 3.80. The molecule has 26 heavy (non-hydrogen) atoms. The van der Waals surface area contributed by atoms with Crippen molar-refractivity contribution in [1.29, 1.82) is 0 Å². The Bertz CT molecular complexity index is 882. The van der Waals surface area contributed by atoms with Crippen LogP contribution < -0.4 is 10.6 Å². The molecule has 6 heteroatoms. The van der Waals surface area contributed by atoms with Crippen LogP contribution in [-0.2, 0) is 13.1 Å². The minimum Gasteiger partial charge on any atom is -0.380 e. The first kappa shape index (κ1) is 17.9. The van der Waals surface area contributed by atoms with Gasteiger partial charge in [0.25, 0.3) is 5.91 Å². The molecule has 0 bridgehead atoms. The van der Waals surface area contributed by atoms with Crippen LogP contribution in [0.5, 0.6) is 0 Å². The average molecular weight is 370 g/mol. The number of nitrogens with zero attached hydrogens (tertiary/aromatic N) is 1. The van der Waals surface area contributed by atoms with Crippen molar-refractivity contribution in [2.24, 2.45) is 0 Å². The molecular formula is C20H17ClFN3O. The predicted octanol–water partition coefficient (Wildman–Crippen LogP) is 4.42. The van der Waals surface area contributed by atoms with Gasteiger partial charge in [-0.1, -0.05) is 41.9 Å². The summed E-state index contributed by atoms with van der Waals surface area (Å²) >= 11 is 6.07. The summed E-state index contributed by atoms with van der Waals surface area (Å²) in [7, 11) is 0. The monoisotopic (exact) mass is 369 g/mol. The van der Waals surface area contributed by atoms with Crippen LogP contribution in [-0.4, -0.2) is 10.9 Å². The summed E-state index contributed by atoms with van der Waals surface area (Å²) in [4.78, 5) is 16.4. The van der Waals surface area contributed by atoms with Crippen LogP contribution in [0.1, 0.15) is 21.6 Å². The summed E-state index contributed by atoms with van der Waals surface area (Å²) in [6.07, 6.45) is 1.59. The first-order valence-corrected chi connectivity index (χ1v) is 8.45. The minimum atomic E-state index is -0.269. The van der Waals surface area contributed by atoms with Crippen molar-refractivity contribution in [3.8, 4) is 0 Å². The number of rotatable bonds is 6. The molecule has 1 amide bonds. The molecule has 0 unspecified atom stereocenters. The first-order chi connectivity index (χ1) is 12.6. The molecule has 0 fully saturated rings. The molecule has 0 saturated heterocycles. The number of aromatic nitrogens is 1. The molecule has 2 aromatic carbocycles. The Morgan fingerprint density at radius 2 is 1.77 bits per heavy atom. The minimum absolute atomic E-state index is 0.262. The van der Waals surface area contributed by atoms with Crippen LogP contribution in [0.2, 0.25) is 5.02 Å². The highest BCUT2D eigenvalue weighted by Crippen LogP contribution is 2.15. The predicted molar refractivity (Wildman–Crippen MR) is 101 cm³/mol. The number of anilines is 1. The molecule has 4 nitrogen and oxygen atoms in total. The van der Waals surface area contributed by atoms with Gasteiger partial charge in [0.05, 0.1) is 11.9 Å². The van der Waals surface area contributed by atoms with Gasteiger partial charge >= 0.3 is 0 Å². The molecule has 0 spiro atoms. The summed E-state index contributed by atoms with van der Waals surface area (Å²) in [6, 6.07) is 17.0. The van der Waals surface area contributed by atoms with Gasteiger partial charge in [0.2, 0.25) is 0 Å². The molecule has 0 aliphatic rings. The molecule has 2 N–H and O–H groups in total. The quantitative estimate of drug-likeness (QED) is 0.676. The normalized spacial score (nSPS) is 10.4. The summed E-state index contributed by atoms with van der Waals surface area (Å²) in [6.45, 7) is 0.880. The van der Waals surface area contributed by atoms with E-state index in [2.05, 4.69) is 15.6 Å². The smallest absolute Gasteiger partial charge is 0.270 e. The molecule has 0 aliphatic carbocycles. The zero-order chi connectivity index (χ0) is 18.4. The van der Waals surface area contributed by atoms with Gasteiger partial charge in [-0.05, 0) is 41.5 Å². The van der Waals surface area contributed by atoms with Crippen LogP contribution in [0.4, 0.5) is 10.1 Å². The van der Waals surface area contributed by atoms with Crippen LogP contribution in [0.25, 0.3) is 0 Å². The van der Waals surface area contributed by atoms with Crippen LogP contribution in [0, 0.1) is 5.82 Å². The second-order valence-corrected chi connectivity index (χ2v) is 6.09. The lowest BCUT2D eigenvalue weighted by molar-refractivity contribution is 0.0946. The van der Waals surface area contributed by atoms with Gasteiger partial charge in [-0.25, -0.2) is 9.37 Å². The van der Waals surface area contributed by atoms with Crippen molar-refractivity contribution in [2.75, 3.05) is 5.32 Å². The summed E-state index contributed by atoms with van der Waals surface area (Å²) in [5.41, 5.74) is 2.90. The Kier molecular flexibility index (Phi) is 5.81. The average Bonchev–Trinajstić information content (AvgIpc) is 2.67. The Balaban J connectivity index is 1.54. The van der Waals surface area contributed by atoms with Crippen molar-refractivity contribution in [3.05, 3.63) is 94.5 Å². The molecule has 132 valence electrons. The number of nitrogens with one attached hydrogen (secondary N) is 2. The molecule has 0 radical (unpaired) electrons. The van der Waals surface area contributed by atoms with Gasteiger partial charge in [-0.2, -0.15) is 0 Å². The van der Waals surface area contributed by atoms with E-state index < -0.39 is 0 Å². The van der Waals surface area contributed by atoms with Crippen LogP contribution >= 0.6 is 11.6 Å². The van der Waals surface area contributed by atoms with E-state index in [1.807, 2.05) is 18.2 Å². The lowest BCUT2D eigenvalue weighted by atomic mass is 10.2. The molecule has 0 aliphatic heterocycles. The second kappa shape index (κ2) is 8.45. The second-order valence-electron chi connectivity index (χ2n) is 5.69. The zero-order valence-corrected chi connectivity index (χ0v) is 14.6. The van der Waals surface area contributed by atoms with Crippen molar-refractivity contribution >= 4 is 23.2 Å². The topological polar surface area (TPSA) is 54.0 Å². The highest BCUT2D eigenvalue weighted by atomic mass is 35.5. The maximum absolute atomic E-state index is 12.9. The first-order valence-electron chi connectivity index (χ1n) is 8.08. The Morgan fingerprint density at radius 3 is 2.46 bits per heavy atom. The van der Waals surface area contributed by atoms with E-state index in [0.29, 0.717) is 23.8 Å². The van der Waals surface area contributed by atoms with E-state index >= 15 is 0 Å². The fourth-order valence-corrected chi connectivity index (χ4v) is 2.55. The van der Waals surface area contributed by atoms with E-state index in [9.17, 15) is 9.18 Å². The number of pyridine rings is 1. The number of carbonyl (C=O) groups excluding carboxylic acids is 1. The number of halogens is 2. The van der Waals surface area contributed by atoms with E-state index in [1.165, 1.54) is 12.1 Å². The molecule has 3 rings (SSSR count). The Labute approximate surface area is 156 Å². The standard InChI is InChI=1S/C20H17ClFN3O/c21-18-4-2-1-3-15(18)12-25-20(26)19-10-9-17(13-24-19)23-11-14-5-7-16(22)8-6-14/h1-10,13,23H,11-12H2,(H,25,26). The zero-order valence-electron chi connectivity index (χ0n) is 13.9. The highest BCUT2D eigenvalue weighted by molar-refractivity contribution is 6.31. The van der Waals surface area contributed by atoms with Gasteiger partial charge in [0.1, 0.15) is 11.5 Å². The van der Waals surface area contributed by atoms with Gasteiger partial charge in [0.15, 0.2) is 0 Å². The number of amides is 1. The van der Waals surface area contributed by atoms with E-state index in [0.717, 1.165) is 16.8 Å². The number of benzene rings is 2. The fourth-order valence-electron chi connectivity index (χ4n) is 2.35. The summed E-state index contributed by atoms with van der Waals surface area (Å²) < 4.78 is 12.9. The van der Waals surface area contributed by atoms with Gasteiger partial charge in [-0.3, -0.25) is 4.79 Å². The van der Waals surface area contributed by atoms with Crippen LogP contribution in [0.15, 0.2) is 66.9 Å². The van der Waals surface area contributed by atoms with Gasteiger partial charge in [-0.15, -0.1) is 0 Å². The number of carbonyl (C=O) groups is 1. The van der Waals surface area contributed by atoms with Crippen molar-refractivity contribution < 1.29 is 9.18 Å². The Morgan fingerprint density at radius 1 is 1.00 bits per heavy atom. The molecule has 1 aromatic heterocycles. The van der Waals surface area contributed by atoms with E-state index in [-0.39, 0.29) is 11.7 Å². The molecular weight excluding hydrogens is 353 g/mol. The summed E-state index contributed by atoms with van der Waals surface area (Å²) in [5, 5.41) is 6.59. The van der Waals surface area contributed by atoms with Gasteiger partial charge < -0.3 is 10.6 Å². The van der Waals surface area contributed by atoms with E-state index in [1.54, 1.807) is 36.5 Å². The third-order valence-corrected chi connectivity index (χ3v) is 4.17. The SMILES string of the molecule is O=C(NCc1ccccc1Cl)c1ccc(NCc2ccc(F)cc2)cn1. The maximum Gasteiger partial charge on any atom is 0.270 e. The van der Waals surface area contributed by atoms with Crippen molar-refractivity contribution in [3.63, 3.8) is 0 Å². The number of hydrogen-bond acceptors (Lipinski definition) is 3.